The number of rotatable bonds is 4. The molecular weight excluding hydrogens is 425 g/mol. The second kappa shape index (κ2) is 8.55. The van der Waals surface area contributed by atoms with Crippen LogP contribution in [-0.4, -0.2) is 38.4 Å². The van der Waals surface area contributed by atoms with Gasteiger partial charge in [-0.05, 0) is 24.3 Å². The maximum Gasteiger partial charge on any atom is 0.242 e. The molecule has 2 aromatic carbocycles. The zero-order valence-corrected chi connectivity index (χ0v) is 18.2. The summed E-state index contributed by atoms with van der Waals surface area (Å²) in [7, 11) is 0. The third kappa shape index (κ3) is 4.13. The summed E-state index contributed by atoms with van der Waals surface area (Å²) in [5.74, 6) is 0.451. The topological polar surface area (TPSA) is 77.0 Å². The molecule has 0 fully saturated rings. The summed E-state index contributed by atoms with van der Waals surface area (Å²) >= 11 is 1.51. The Morgan fingerprint density at radius 3 is 2.53 bits per heavy atom. The first-order valence-corrected chi connectivity index (χ1v) is 11.3. The highest BCUT2D eigenvalue weighted by Gasteiger charge is 2.22. The summed E-state index contributed by atoms with van der Waals surface area (Å²) in [6.07, 6.45) is 3.35. The molecule has 8 heteroatoms. The summed E-state index contributed by atoms with van der Waals surface area (Å²) in [4.78, 5) is 25.5. The van der Waals surface area contributed by atoms with E-state index in [4.69, 9.17) is 10.7 Å². The number of carbonyl (C=O) groups is 1. The molecule has 1 aliphatic rings. The molecule has 5 rings (SSSR count). The zero-order valence-electron chi connectivity index (χ0n) is 17.4. The number of carbonyl (C=O) groups excluding carboxylic acids is 1. The van der Waals surface area contributed by atoms with Crippen LogP contribution >= 0.6 is 11.3 Å². The molecule has 2 aromatic heterocycles. The van der Waals surface area contributed by atoms with Gasteiger partial charge in [0, 0.05) is 48.1 Å². The normalized spacial score (nSPS) is 13.6. The van der Waals surface area contributed by atoms with Gasteiger partial charge in [0.1, 0.15) is 18.2 Å². The van der Waals surface area contributed by atoms with Gasteiger partial charge < -0.3 is 15.2 Å². The van der Waals surface area contributed by atoms with Crippen molar-refractivity contribution < 1.29 is 9.18 Å². The van der Waals surface area contributed by atoms with Gasteiger partial charge in [-0.15, -0.1) is 11.3 Å². The van der Waals surface area contributed by atoms with Crippen molar-refractivity contribution in [1.82, 2.24) is 19.4 Å². The van der Waals surface area contributed by atoms with E-state index in [9.17, 15) is 9.18 Å². The van der Waals surface area contributed by atoms with E-state index in [0.717, 1.165) is 23.2 Å². The number of hydrogen-bond acceptors (Lipinski definition) is 5. The van der Waals surface area contributed by atoms with Gasteiger partial charge in [-0.25, -0.2) is 14.4 Å². The van der Waals surface area contributed by atoms with Crippen molar-refractivity contribution in [3.8, 4) is 22.6 Å². The molecule has 4 aromatic rings. The molecule has 0 atom stereocenters. The smallest absolute Gasteiger partial charge is 0.242 e. The van der Waals surface area contributed by atoms with E-state index < -0.39 is 0 Å². The number of fused-ring (bicyclic) bond motifs is 1. The summed E-state index contributed by atoms with van der Waals surface area (Å²) in [5, 5.41) is 0.592. The summed E-state index contributed by atoms with van der Waals surface area (Å²) < 4.78 is 15.3. The van der Waals surface area contributed by atoms with Crippen LogP contribution in [0, 0.1) is 5.82 Å². The number of thiazole rings is 1. The third-order valence-corrected chi connectivity index (χ3v) is 6.62. The average molecular weight is 448 g/mol. The maximum atomic E-state index is 13.4. The number of benzene rings is 2. The van der Waals surface area contributed by atoms with Crippen LogP contribution in [0.25, 0.3) is 22.6 Å². The zero-order chi connectivity index (χ0) is 22.1. The van der Waals surface area contributed by atoms with Gasteiger partial charge in [-0.1, -0.05) is 30.3 Å². The fourth-order valence-electron chi connectivity index (χ4n) is 3.99. The second-order valence-corrected chi connectivity index (χ2v) is 8.87. The molecule has 0 aliphatic carbocycles. The Balaban J connectivity index is 1.41. The molecule has 0 saturated heterocycles. The Labute approximate surface area is 189 Å². The molecule has 3 heterocycles. The monoisotopic (exact) mass is 447 g/mol. The molecule has 0 saturated carbocycles. The third-order valence-electron chi connectivity index (χ3n) is 5.63. The number of imidazole rings is 1. The molecule has 6 nitrogen and oxygen atoms in total. The lowest BCUT2D eigenvalue weighted by atomic mass is 10.2. The molecule has 1 aliphatic heterocycles. The number of anilines is 1. The highest BCUT2D eigenvalue weighted by molar-refractivity contribution is 7.15. The lowest BCUT2D eigenvalue weighted by Crippen LogP contribution is -2.35. The molecule has 1 amide bonds. The van der Waals surface area contributed by atoms with E-state index >= 15 is 0 Å². The predicted octanol–water partition coefficient (Wildman–Crippen LogP) is 4.02. The molecule has 0 bridgehead atoms. The van der Waals surface area contributed by atoms with Crippen LogP contribution in [0.3, 0.4) is 0 Å². The van der Waals surface area contributed by atoms with Crippen LogP contribution in [0.5, 0.6) is 0 Å². The Morgan fingerprint density at radius 1 is 1.00 bits per heavy atom. The van der Waals surface area contributed by atoms with Crippen molar-refractivity contribution >= 4 is 22.4 Å². The van der Waals surface area contributed by atoms with Crippen LogP contribution in [0.1, 0.15) is 10.6 Å². The molecular formula is C24H22FN5OS. The maximum absolute atomic E-state index is 13.4. The summed E-state index contributed by atoms with van der Waals surface area (Å²) in [5.41, 5.74) is 9.27. The number of halogens is 1. The van der Waals surface area contributed by atoms with E-state index in [2.05, 4.69) is 4.98 Å². The standard InChI is InChI=1S/C24H22FN5OS/c25-18-8-6-16(7-9-18)20-14-30(23(27-20)17-4-2-1-3-5-17)15-22(31)29-12-10-19-21(11-13-29)32-24(26)28-19/h1-9,14H,10-13,15H2,(H2,26,28). The highest BCUT2D eigenvalue weighted by Crippen LogP contribution is 2.27. The van der Waals surface area contributed by atoms with Crippen molar-refractivity contribution in [2.45, 2.75) is 19.4 Å². The van der Waals surface area contributed by atoms with Crippen molar-refractivity contribution in [2.75, 3.05) is 18.8 Å². The Morgan fingerprint density at radius 2 is 1.75 bits per heavy atom. The van der Waals surface area contributed by atoms with E-state index in [1.807, 2.05) is 46.0 Å². The molecule has 0 unspecified atom stereocenters. The molecule has 0 spiro atoms. The van der Waals surface area contributed by atoms with E-state index in [0.29, 0.717) is 36.2 Å². The fourth-order valence-corrected chi connectivity index (χ4v) is 4.86. The number of nitrogen functional groups attached to an aromatic ring is 1. The van der Waals surface area contributed by atoms with Crippen molar-refractivity contribution in [3.05, 3.63) is 77.2 Å². The quantitative estimate of drug-likeness (QED) is 0.513. The van der Waals surface area contributed by atoms with Crippen molar-refractivity contribution in [3.63, 3.8) is 0 Å². The molecule has 32 heavy (non-hydrogen) atoms. The van der Waals surface area contributed by atoms with Gasteiger partial charge in [0.05, 0.1) is 11.4 Å². The number of nitrogens with two attached hydrogens (primary N) is 1. The SMILES string of the molecule is Nc1nc2c(s1)CCN(C(=O)Cn1cc(-c3ccc(F)cc3)nc1-c1ccccc1)CC2. The number of amides is 1. The van der Waals surface area contributed by atoms with Gasteiger partial charge in [0.15, 0.2) is 5.13 Å². The minimum Gasteiger partial charge on any atom is -0.375 e. The van der Waals surface area contributed by atoms with Crippen LogP contribution in [0.2, 0.25) is 0 Å². The highest BCUT2D eigenvalue weighted by atomic mass is 32.1. The lowest BCUT2D eigenvalue weighted by molar-refractivity contribution is -0.131. The van der Waals surface area contributed by atoms with Crippen LogP contribution < -0.4 is 5.73 Å². The Bertz CT molecular complexity index is 1220. The second-order valence-electron chi connectivity index (χ2n) is 7.75. The Kier molecular flexibility index (Phi) is 5.45. The molecule has 2 N–H and O–H groups in total. The van der Waals surface area contributed by atoms with Gasteiger partial charge in [0.25, 0.3) is 0 Å². The van der Waals surface area contributed by atoms with Crippen LogP contribution in [-0.2, 0) is 24.2 Å². The van der Waals surface area contributed by atoms with E-state index in [1.165, 1.54) is 28.3 Å². The van der Waals surface area contributed by atoms with E-state index in [1.54, 1.807) is 12.1 Å². The average Bonchev–Trinajstić information content (AvgIpc) is 3.32. The van der Waals surface area contributed by atoms with Crippen molar-refractivity contribution in [1.29, 1.82) is 0 Å². The Hall–Kier alpha value is -3.52. The fraction of sp³-hybridized carbons (Fsp3) is 0.208. The van der Waals surface area contributed by atoms with E-state index in [-0.39, 0.29) is 18.3 Å². The number of hydrogen-bond donors (Lipinski definition) is 1. The van der Waals surface area contributed by atoms with Gasteiger partial charge in [0.2, 0.25) is 5.91 Å². The van der Waals surface area contributed by atoms with Crippen LogP contribution in [0.15, 0.2) is 60.8 Å². The van der Waals surface area contributed by atoms with Crippen LogP contribution in [0.4, 0.5) is 9.52 Å². The summed E-state index contributed by atoms with van der Waals surface area (Å²) in [6, 6.07) is 16.0. The summed E-state index contributed by atoms with van der Waals surface area (Å²) in [6.45, 7) is 1.45. The predicted molar refractivity (Wildman–Crippen MR) is 124 cm³/mol. The first kappa shape index (κ1) is 20.4. The lowest BCUT2D eigenvalue weighted by Gasteiger charge is -2.21. The largest absolute Gasteiger partial charge is 0.375 e. The van der Waals surface area contributed by atoms with Gasteiger partial charge >= 0.3 is 0 Å². The minimum atomic E-state index is -0.294. The number of aromatic nitrogens is 3. The minimum absolute atomic E-state index is 0.0355. The van der Waals surface area contributed by atoms with Crippen molar-refractivity contribution in [2.24, 2.45) is 0 Å². The van der Waals surface area contributed by atoms with Gasteiger partial charge in [-0.2, -0.15) is 0 Å². The first-order chi connectivity index (χ1) is 15.6. The number of nitrogens with zero attached hydrogens (tertiary/aromatic N) is 4. The molecule has 0 radical (unpaired) electrons. The molecule has 162 valence electrons. The first-order valence-electron chi connectivity index (χ1n) is 10.5. The van der Waals surface area contributed by atoms with Gasteiger partial charge in [-0.3, -0.25) is 4.79 Å².